The van der Waals surface area contributed by atoms with Crippen molar-refractivity contribution in [3.8, 4) is 0 Å². The monoisotopic (exact) mass is 385 g/mol. The smallest absolute Gasteiger partial charge is 0.355 e. The van der Waals surface area contributed by atoms with Crippen LogP contribution in [0.2, 0.25) is 5.02 Å². The Kier molecular flexibility index (Phi) is 5.83. The maximum Gasteiger partial charge on any atom is 0.355 e. The highest BCUT2D eigenvalue weighted by Crippen LogP contribution is 2.20. The topological polar surface area (TPSA) is 88.1 Å². The van der Waals surface area contributed by atoms with Crippen molar-refractivity contribution in [3.63, 3.8) is 0 Å². The highest BCUT2D eigenvalue weighted by molar-refractivity contribution is 6.38. The second-order valence-corrected chi connectivity index (χ2v) is 6.16. The molecule has 27 heavy (non-hydrogen) atoms. The summed E-state index contributed by atoms with van der Waals surface area (Å²) >= 11 is 5.78. The van der Waals surface area contributed by atoms with E-state index in [1.54, 1.807) is 48.5 Å². The first-order chi connectivity index (χ1) is 13.0. The molecule has 0 radical (unpaired) electrons. The third-order valence-electron chi connectivity index (χ3n) is 3.73. The van der Waals surface area contributed by atoms with E-state index in [0.717, 1.165) is 0 Å². The van der Waals surface area contributed by atoms with Crippen LogP contribution in [0.15, 0.2) is 59.7 Å². The molecule has 0 atom stereocenters. The van der Waals surface area contributed by atoms with Gasteiger partial charge in [-0.25, -0.2) is 9.80 Å². The molecule has 2 aromatic carbocycles. The number of carbonyl (C=O) groups is 3. The maximum absolute atomic E-state index is 12.2. The predicted octanol–water partition coefficient (Wildman–Crippen LogP) is 3.00. The van der Waals surface area contributed by atoms with Gasteiger partial charge in [0.25, 0.3) is 5.91 Å². The minimum atomic E-state index is -0.727. The molecule has 0 saturated heterocycles. The van der Waals surface area contributed by atoms with Crippen LogP contribution in [0, 0.1) is 0 Å². The number of nitrogens with zero attached hydrogens (tertiary/aromatic N) is 2. The fraction of sp³-hybridized carbons (Fsp3) is 0.158. The van der Waals surface area contributed by atoms with E-state index in [1.165, 1.54) is 5.01 Å². The third kappa shape index (κ3) is 4.92. The highest BCUT2D eigenvalue weighted by Gasteiger charge is 2.26. The van der Waals surface area contributed by atoms with Gasteiger partial charge in [0.2, 0.25) is 5.91 Å². The van der Waals surface area contributed by atoms with E-state index in [9.17, 15) is 14.4 Å². The largest absolute Gasteiger partial charge is 0.451 e. The van der Waals surface area contributed by atoms with Gasteiger partial charge in [0, 0.05) is 23.6 Å². The van der Waals surface area contributed by atoms with Crippen LogP contribution >= 0.6 is 11.6 Å². The molecule has 0 aliphatic carbocycles. The predicted molar refractivity (Wildman–Crippen MR) is 102 cm³/mol. The molecule has 1 aliphatic rings. The van der Waals surface area contributed by atoms with Crippen LogP contribution in [0.3, 0.4) is 0 Å². The summed E-state index contributed by atoms with van der Waals surface area (Å²) in [6, 6.07) is 15.3. The van der Waals surface area contributed by atoms with E-state index in [1.807, 2.05) is 6.07 Å². The Hall–Kier alpha value is -3.19. The number of hydrogen-bond acceptors (Lipinski definition) is 5. The number of ether oxygens (including phenoxy) is 1. The van der Waals surface area contributed by atoms with Crippen molar-refractivity contribution in [2.24, 2.45) is 5.10 Å². The van der Waals surface area contributed by atoms with Crippen molar-refractivity contribution in [1.29, 1.82) is 0 Å². The Labute approximate surface area is 160 Å². The fourth-order valence-electron chi connectivity index (χ4n) is 2.42. The number of carbonyl (C=O) groups excluding carboxylic acids is 3. The van der Waals surface area contributed by atoms with Crippen LogP contribution in [-0.2, 0) is 19.1 Å². The quantitative estimate of drug-likeness (QED) is 0.801. The molecular weight excluding hydrogens is 370 g/mol. The Balaban J connectivity index is 1.59. The number of hydrogen-bond donors (Lipinski definition) is 1. The van der Waals surface area contributed by atoms with Crippen molar-refractivity contribution < 1.29 is 19.1 Å². The summed E-state index contributed by atoms with van der Waals surface area (Å²) in [4.78, 5) is 36.1. The van der Waals surface area contributed by atoms with Crippen LogP contribution in [0.4, 0.5) is 11.4 Å². The van der Waals surface area contributed by atoms with Crippen LogP contribution in [0.1, 0.15) is 12.8 Å². The van der Waals surface area contributed by atoms with E-state index in [0.29, 0.717) is 16.4 Å². The molecule has 1 N–H and O–H groups in total. The number of halogens is 1. The molecule has 3 rings (SSSR count). The Morgan fingerprint density at radius 2 is 1.78 bits per heavy atom. The van der Waals surface area contributed by atoms with Crippen molar-refractivity contribution in [2.75, 3.05) is 16.9 Å². The van der Waals surface area contributed by atoms with Gasteiger partial charge in [-0.05, 0) is 36.4 Å². The number of para-hydroxylation sites is 1. The van der Waals surface area contributed by atoms with Gasteiger partial charge in [-0.1, -0.05) is 29.8 Å². The Bertz CT molecular complexity index is 882. The van der Waals surface area contributed by atoms with E-state index in [-0.39, 0.29) is 24.5 Å². The van der Waals surface area contributed by atoms with Gasteiger partial charge in [-0.2, -0.15) is 5.10 Å². The summed E-state index contributed by atoms with van der Waals surface area (Å²) in [6.07, 6.45) is 0.305. The number of hydrazone groups is 1. The maximum atomic E-state index is 12.2. The second-order valence-electron chi connectivity index (χ2n) is 5.72. The van der Waals surface area contributed by atoms with E-state index >= 15 is 0 Å². The molecule has 0 bridgehead atoms. The third-order valence-corrected chi connectivity index (χ3v) is 3.98. The average molecular weight is 386 g/mol. The summed E-state index contributed by atoms with van der Waals surface area (Å²) in [6.45, 7) is -0.459. The summed E-state index contributed by atoms with van der Waals surface area (Å²) in [5, 5.41) is 8.40. The lowest BCUT2D eigenvalue weighted by atomic mass is 10.1. The first-order valence-corrected chi connectivity index (χ1v) is 8.59. The highest BCUT2D eigenvalue weighted by atomic mass is 35.5. The summed E-state index contributed by atoms with van der Waals surface area (Å²) in [5.41, 5.74) is 1.20. The first-order valence-electron chi connectivity index (χ1n) is 8.21. The first kappa shape index (κ1) is 18.6. The number of nitrogens with one attached hydrogen (secondary N) is 1. The van der Waals surface area contributed by atoms with Gasteiger partial charge in [-0.3, -0.25) is 9.59 Å². The van der Waals surface area contributed by atoms with Gasteiger partial charge >= 0.3 is 5.97 Å². The zero-order valence-electron chi connectivity index (χ0n) is 14.2. The molecule has 0 fully saturated rings. The van der Waals surface area contributed by atoms with Crippen LogP contribution in [0.25, 0.3) is 0 Å². The molecule has 0 unspecified atom stereocenters. The molecule has 8 heteroatoms. The SMILES string of the molecule is O=C(COC(=O)C1=NN(c2ccccc2)C(=O)CC1)Nc1ccc(Cl)cc1. The van der Waals surface area contributed by atoms with Crippen molar-refractivity contribution >= 4 is 46.5 Å². The molecule has 1 aliphatic heterocycles. The molecule has 2 amide bonds. The molecule has 1 heterocycles. The molecule has 0 saturated carbocycles. The van der Waals surface area contributed by atoms with Gasteiger partial charge in [-0.15, -0.1) is 0 Å². The van der Waals surface area contributed by atoms with Crippen molar-refractivity contribution in [3.05, 3.63) is 59.6 Å². The number of anilines is 2. The van der Waals surface area contributed by atoms with Crippen molar-refractivity contribution in [1.82, 2.24) is 0 Å². The second kappa shape index (κ2) is 8.46. The van der Waals surface area contributed by atoms with Crippen LogP contribution < -0.4 is 10.3 Å². The zero-order valence-corrected chi connectivity index (χ0v) is 15.0. The van der Waals surface area contributed by atoms with E-state index < -0.39 is 18.5 Å². The van der Waals surface area contributed by atoms with Gasteiger partial charge in [0.15, 0.2) is 6.61 Å². The number of esters is 1. The van der Waals surface area contributed by atoms with Crippen LogP contribution in [0.5, 0.6) is 0 Å². The standard InChI is InChI=1S/C19H16ClN3O4/c20-13-6-8-14(9-7-13)21-17(24)12-27-19(26)16-10-11-18(25)23(22-16)15-4-2-1-3-5-15/h1-9H,10-12H2,(H,21,24). The van der Waals surface area contributed by atoms with E-state index in [2.05, 4.69) is 10.4 Å². The number of benzene rings is 2. The van der Waals surface area contributed by atoms with Crippen molar-refractivity contribution in [2.45, 2.75) is 12.8 Å². The molecular formula is C19H16ClN3O4. The molecule has 0 aromatic heterocycles. The molecule has 0 spiro atoms. The number of rotatable bonds is 5. The lowest BCUT2D eigenvalue weighted by Gasteiger charge is -2.22. The van der Waals surface area contributed by atoms with Gasteiger partial charge in [0.05, 0.1) is 5.69 Å². The summed E-state index contributed by atoms with van der Waals surface area (Å²) in [7, 11) is 0. The zero-order chi connectivity index (χ0) is 19.2. The fourth-order valence-corrected chi connectivity index (χ4v) is 2.54. The molecule has 2 aromatic rings. The lowest BCUT2D eigenvalue weighted by Crippen LogP contribution is -2.35. The molecule has 7 nitrogen and oxygen atoms in total. The normalized spacial score (nSPS) is 13.7. The lowest BCUT2D eigenvalue weighted by molar-refractivity contribution is -0.140. The summed E-state index contributed by atoms with van der Waals surface area (Å²) in [5.74, 6) is -1.43. The Morgan fingerprint density at radius 1 is 1.07 bits per heavy atom. The van der Waals surface area contributed by atoms with Gasteiger partial charge in [0.1, 0.15) is 5.71 Å². The minimum Gasteiger partial charge on any atom is -0.451 e. The Morgan fingerprint density at radius 3 is 2.48 bits per heavy atom. The van der Waals surface area contributed by atoms with Crippen LogP contribution in [-0.4, -0.2) is 30.1 Å². The minimum absolute atomic E-state index is 0.0951. The average Bonchev–Trinajstić information content (AvgIpc) is 2.69. The van der Waals surface area contributed by atoms with Gasteiger partial charge < -0.3 is 10.1 Å². The summed E-state index contributed by atoms with van der Waals surface area (Å²) < 4.78 is 5.01. The van der Waals surface area contributed by atoms with E-state index in [4.69, 9.17) is 16.3 Å². The molecule has 138 valence electrons. The number of amides is 2.